The topological polar surface area (TPSA) is 0 Å². The quantitative estimate of drug-likeness (QED) is 0.348. The van der Waals surface area contributed by atoms with Crippen molar-refractivity contribution in [3.05, 3.63) is 94.5 Å². The van der Waals surface area contributed by atoms with Crippen molar-refractivity contribution in [1.29, 1.82) is 0 Å². The Bertz CT molecular complexity index is 777. The van der Waals surface area contributed by atoms with Gasteiger partial charge in [-0.3, -0.25) is 0 Å². The van der Waals surface area contributed by atoms with Crippen molar-refractivity contribution in [2.45, 2.75) is 38.5 Å². The highest BCUT2D eigenvalue weighted by atomic mass is 79.9. The molecule has 0 aromatic heterocycles. The summed E-state index contributed by atoms with van der Waals surface area (Å²) < 4.78 is 1.16. The van der Waals surface area contributed by atoms with E-state index in [1.807, 2.05) is 0 Å². The molecule has 0 unspecified atom stereocenters. The van der Waals surface area contributed by atoms with Crippen LogP contribution < -0.4 is 0 Å². The van der Waals surface area contributed by atoms with Gasteiger partial charge in [0.15, 0.2) is 0 Å². The Balaban J connectivity index is 1.44. The van der Waals surface area contributed by atoms with Crippen LogP contribution in [0.3, 0.4) is 0 Å². The third-order valence-electron chi connectivity index (χ3n) is 4.64. The van der Waals surface area contributed by atoms with Crippen molar-refractivity contribution < 1.29 is 0 Å². The highest BCUT2D eigenvalue weighted by molar-refractivity contribution is 9.10. The van der Waals surface area contributed by atoms with Gasteiger partial charge < -0.3 is 0 Å². The van der Waals surface area contributed by atoms with Gasteiger partial charge in [-0.15, -0.1) is 0 Å². The van der Waals surface area contributed by atoms with Crippen molar-refractivity contribution in [2.24, 2.45) is 0 Å². The van der Waals surface area contributed by atoms with Gasteiger partial charge in [0.1, 0.15) is 0 Å². The molecule has 1 heteroatoms. The van der Waals surface area contributed by atoms with Crippen molar-refractivity contribution in [3.63, 3.8) is 0 Å². The summed E-state index contributed by atoms with van der Waals surface area (Å²) in [7, 11) is 0. The van der Waals surface area contributed by atoms with Gasteiger partial charge >= 0.3 is 0 Å². The molecular formula is C24H25Br. The molecule has 0 bridgehead atoms. The second-order valence-corrected chi connectivity index (χ2v) is 7.43. The molecule has 0 fully saturated rings. The van der Waals surface area contributed by atoms with Crippen LogP contribution in [0, 0.1) is 0 Å². The summed E-state index contributed by atoms with van der Waals surface area (Å²) in [5.41, 5.74) is 5.47. The van der Waals surface area contributed by atoms with E-state index in [-0.39, 0.29) is 0 Å². The fraction of sp³-hybridized carbons (Fsp3) is 0.250. The summed E-state index contributed by atoms with van der Waals surface area (Å²) in [6.45, 7) is 0. The zero-order valence-corrected chi connectivity index (χ0v) is 16.2. The molecule has 0 aliphatic rings. The second kappa shape index (κ2) is 9.58. The molecule has 3 rings (SSSR count). The Morgan fingerprint density at radius 1 is 0.560 bits per heavy atom. The average Bonchev–Trinajstić information content (AvgIpc) is 2.66. The molecule has 0 aliphatic carbocycles. The molecule has 0 aliphatic heterocycles. The minimum atomic E-state index is 1.16. The molecule has 0 saturated carbocycles. The molecule has 0 radical (unpaired) electrons. The first kappa shape index (κ1) is 17.9. The molecule has 0 N–H and O–H groups in total. The van der Waals surface area contributed by atoms with Crippen LogP contribution in [0.25, 0.3) is 11.1 Å². The standard InChI is InChI=1S/C24H25Br/c25-24-18-9-8-17-23(24)22-16-10-15-21(19-22)14-5-2-1-4-11-20-12-6-3-7-13-20/h3,6-10,12-13,15-19H,1-2,4-5,11,14H2. The van der Waals surface area contributed by atoms with E-state index in [9.17, 15) is 0 Å². The number of hydrogen-bond acceptors (Lipinski definition) is 0. The van der Waals surface area contributed by atoms with E-state index in [1.54, 1.807) is 0 Å². The number of unbranched alkanes of at least 4 members (excludes halogenated alkanes) is 3. The van der Waals surface area contributed by atoms with Gasteiger partial charge in [0, 0.05) is 4.47 Å². The predicted molar refractivity (Wildman–Crippen MR) is 112 cm³/mol. The molecule has 0 spiro atoms. The first-order chi connectivity index (χ1) is 12.3. The van der Waals surface area contributed by atoms with Crippen LogP contribution in [0.2, 0.25) is 0 Å². The highest BCUT2D eigenvalue weighted by Crippen LogP contribution is 2.28. The maximum atomic E-state index is 3.66. The summed E-state index contributed by atoms with van der Waals surface area (Å²) >= 11 is 3.66. The highest BCUT2D eigenvalue weighted by Gasteiger charge is 2.03. The molecule has 3 aromatic rings. The Labute approximate surface area is 160 Å². The first-order valence-electron chi connectivity index (χ1n) is 9.21. The van der Waals surface area contributed by atoms with Gasteiger partial charge in [-0.1, -0.05) is 102 Å². The summed E-state index contributed by atoms with van der Waals surface area (Å²) in [4.78, 5) is 0. The number of aryl methyl sites for hydroxylation is 2. The van der Waals surface area contributed by atoms with E-state index in [0.29, 0.717) is 0 Å². The van der Waals surface area contributed by atoms with E-state index in [0.717, 1.165) is 4.47 Å². The van der Waals surface area contributed by atoms with Crippen molar-refractivity contribution in [1.82, 2.24) is 0 Å². The van der Waals surface area contributed by atoms with Gasteiger partial charge in [0.2, 0.25) is 0 Å². The van der Waals surface area contributed by atoms with Gasteiger partial charge in [-0.25, -0.2) is 0 Å². The first-order valence-corrected chi connectivity index (χ1v) is 10.00. The maximum Gasteiger partial charge on any atom is 0.0253 e. The largest absolute Gasteiger partial charge is 0.0622 e. The van der Waals surface area contributed by atoms with Crippen LogP contribution in [0.1, 0.15) is 36.8 Å². The van der Waals surface area contributed by atoms with E-state index in [4.69, 9.17) is 0 Å². The summed E-state index contributed by atoms with van der Waals surface area (Å²) in [6.07, 6.45) is 7.57. The predicted octanol–water partition coefficient (Wildman–Crippen LogP) is 7.46. The minimum Gasteiger partial charge on any atom is -0.0622 e. The minimum absolute atomic E-state index is 1.16. The van der Waals surface area contributed by atoms with E-state index in [1.165, 1.54) is 60.8 Å². The Morgan fingerprint density at radius 3 is 1.96 bits per heavy atom. The van der Waals surface area contributed by atoms with Crippen molar-refractivity contribution >= 4 is 15.9 Å². The van der Waals surface area contributed by atoms with Crippen molar-refractivity contribution in [2.75, 3.05) is 0 Å². The summed E-state index contributed by atoms with van der Waals surface area (Å²) in [6, 6.07) is 28.2. The van der Waals surface area contributed by atoms with E-state index in [2.05, 4.69) is 94.8 Å². The molecule has 3 aromatic carbocycles. The third-order valence-corrected chi connectivity index (χ3v) is 5.33. The monoisotopic (exact) mass is 392 g/mol. The average molecular weight is 393 g/mol. The number of benzene rings is 3. The SMILES string of the molecule is Brc1ccccc1-c1cccc(CCCCCCc2ccccc2)c1. The summed E-state index contributed by atoms with van der Waals surface area (Å²) in [5.74, 6) is 0. The van der Waals surface area contributed by atoms with Crippen LogP contribution in [-0.2, 0) is 12.8 Å². The molecule has 128 valence electrons. The van der Waals surface area contributed by atoms with Crippen LogP contribution >= 0.6 is 15.9 Å². The van der Waals surface area contributed by atoms with Crippen LogP contribution in [-0.4, -0.2) is 0 Å². The molecule has 0 atom stereocenters. The lowest BCUT2D eigenvalue weighted by atomic mass is 9.99. The molecule has 0 amide bonds. The fourth-order valence-electron chi connectivity index (χ4n) is 3.25. The van der Waals surface area contributed by atoms with Crippen LogP contribution in [0.4, 0.5) is 0 Å². The van der Waals surface area contributed by atoms with E-state index < -0.39 is 0 Å². The third kappa shape index (κ3) is 5.57. The van der Waals surface area contributed by atoms with Crippen molar-refractivity contribution in [3.8, 4) is 11.1 Å². The second-order valence-electron chi connectivity index (χ2n) is 6.58. The lowest BCUT2D eigenvalue weighted by molar-refractivity contribution is 0.640. The molecule has 0 nitrogen and oxygen atoms in total. The zero-order valence-electron chi connectivity index (χ0n) is 14.6. The lowest BCUT2D eigenvalue weighted by Gasteiger charge is -2.08. The zero-order chi connectivity index (χ0) is 17.3. The van der Waals surface area contributed by atoms with Gasteiger partial charge in [0.25, 0.3) is 0 Å². The van der Waals surface area contributed by atoms with Crippen LogP contribution in [0.15, 0.2) is 83.3 Å². The van der Waals surface area contributed by atoms with E-state index >= 15 is 0 Å². The van der Waals surface area contributed by atoms with Crippen LogP contribution in [0.5, 0.6) is 0 Å². The number of rotatable bonds is 8. The van der Waals surface area contributed by atoms with Gasteiger partial charge in [-0.05, 0) is 54.0 Å². The summed E-state index contributed by atoms with van der Waals surface area (Å²) in [5, 5.41) is 0. The Hall–Kier alpha value is -1.86. The number of halogens is 1. The Morgan fingerprint density at radius 2 is 1.20 bits per heavy atom. The Kier molecular flexibility index (Phi) is 6.88. The molecular weight excluding hydrogens is 368 g/mol. The normalized spacial score (nSPS) is 10.8. The lowest BCUT2D eigenvalue weighted by Crippen LogP contribution is -1.89. The maximum absolute atomic E-state index is 3.66. The van der Waals surface area contributed by atoms with Gasteiger partial charge in [-0.2, -0.15) is 0 Å². The molecule has 0 saturated heterocycles. The molecule has 25 heavy (non-hydrogen) atoms. The van der Waals surface area contributed by atoms with Gasteiger partial charge in [0.05, 0.1) is 0 Å². The fourth-order valence-corrected chi connectivity index (χ4v) is 3.76. The smallest absolute Gasteiger partial charge is 0.0253 e. The molecule has 0 heterocycles. The number of hydrogen-bond donors (Lipinski definition) is 0.